The van der Waals surface area contributed by atoms with Crippen molar-refractivity contribution in [3.8, 4) is 6.07 Å². The Morgan fingerprint density at radius 1 is 1.15 bits per heavy atom. The zero-order valence-corrected chi connectivity index (χ0v) is 20.6. The van der Waals surface area contributed by atoms with Crippen molar-refractivity contribution in [3.05, 3.63) is 41.4 Å². The highest BCUT2D eigenvalue weighted by atomic mass is 35.5. The molecule has 0 aromatic heterocycles. The number of carbonyl (C=O) groups is 2. The summed E-state index contributed by atoms with van der Waals surface area (Å²) in [6.07, 6.45) is 3.20. The number of piperidine rings is 1. The average molecular weight is 503 g/mol. The molecule has 0 spiro atoms. The minimum Gasteiger partial charge on any atom is -0.341 e. The lowest BCUT2D eigenvalue weighted by molar-refractivity contribution is -0.144. The standard InChI is InChI=1S/C24H27ClN4O4S/c1-17(23(30)27-11-3-2-4-12-27)28-13-9-22(24(28)31)29(14-10-26)34(32,33)21-8-6-18-15-20(25)7-5-19(18)16-21/h5-8,15-17,22H,2-4,9,11-14H2,1H3/t17-,22?/m0/s1. The Morgan fingerprint density at radius 3 is 2.53 bits per heavy atom. The molecular weight excluding hydrogens is 476 g/mol. The van der Waals surface area contributed by atoms with Gasteiger partial charge in [-0.1, -0.05) is 23.7 Å². The minimum atomic E-state index is -4.14. The molecule has 34 heavy (non-hydrogen) atoms. The fourth-order valence-electron chi connectivity index (χ4n) is 4.77. The number of nitriles is 1. The van der Waals surface area contributed by atoms with E-state index in [-0.39, 0.29) is 23.8 Å². The lowest BCUT2D eigenvalue weighted by Crippen LogP contribution is -2.52. The molecule has 10 heteroatoms. The van der Waals surface area contributed by atoms with Crippen molar-refractivity contribution in [1.29, 1.82) is 5.26 Å². The van der Waals surface area contributed by atoms with Crippen LogP contribution in [-0.2, 0) is 19.6 Å². The zero-order chi connectivity index (χ0) is 24.5. The summed E-state index contributed by atoms with van der Waals surface area (Å²) >= 11 is 6.02. The Kier molecular flexibility index (Phi) is 7.12. The second-order valence-corrected chi connectivity index (χ2v) is 11.1. The third-order valence-electron chi connectivity index (χ3n) is 6.66. The van der Waals surface area contributed by atoms with Gasteiger partial charge in [0, 0.05) is 24.7 Å². The van der Waals surface area contributed by atoms with Crippen LogP contribution in [0.5, 0.6) is 0 Å². The molecule has 2 amide bonds. The van der Waals surface area contributed by atoms with Crippen LogP contribution in [0.25, 0.3) is 10.8 Å². The second kappa shape index (κ2) is 9.90. The molecule has 0 N–H and O–H groups in total. The summed E-state index contributed by atoms with van der Waals surface area (Å²) in [7, 11) is -4.14. The van der Waals surface area contributed by atoms with Gasteiger partial charge in [-0.15, -0.1) is 0 Å². The summed E-state index contributed by atoms with van der Waals surface area (Å²) in [6.45, 7) is 2.85. The largest absolute Gasteiger partial charge is 0.341 e. The molecule has 8 nitrogen and oxygen atoms in total. The van der Waals surface area contributed by atoms with Crippen LogP contribution >= 0.6 is 11.6 Å². The third kappa shape index (κ3) is 4.63. The van der Waals surface area contributed by atoms with Gasteiger partial charge in [0.2, 0.25) is 21.8 Å². The van der Waals surface area contributed by atoms with Crippen molar-refractivity contribution in [2.75, 3.05) is 26.2 Å². The van der Waals surface area contributed by atoms with E-state index in [1.54, 1.807) is 36.1 Å². The fraction of sp³-hybridized carbons (Fsp3) is 0.458. The number of amides is 2. The van der Waals surface area contributed by atoms with E-state index < -0.39 is 34.6 Å². The maximum Gasteiger partial charge on any atom is 0.245 e. The quantitative estimate of drug-likeness (QED) is 0.565. The lowest BCUT2D eigenvalue weighted by Gasteiger charge is -2.33. The van der Waals surface area contributed by atoms with E-state index in [0.29, 0.717) is 23.5 Å². The van der Waals surface area contributed by atoms with Crippen LogP contribution < -0.4 is 0 Å². The molecule has 1 unspecified atom stereocenters. The van der Waals surface area contributed by atoms with Crippen LogP contribution in [0.15, 0.2) is 41.3 Å². The molecular formula is C24H27ClN4O4S. The number of rotatable bonds is 6. The van der Waals surface area contributed by atoms with E-state index in [4.69, 9.17) is 11.6 Å². The van der Waals surface area contributed by atoms with Gasteiger partial charge in [0.1, 0.15) is 18.6 Å². The summed E-state index contributed by atoms with van der Waals surface area (Å²) < 4.78 is 28.0. The third-order valence-corrected chi connectivity index (χ3v) is 8.74. The van der Waals surface area contributed by atoms with Crippen LogP contribution in [0, 0.1) is 11.3 Å². The predicted octanol–water partition coefficient (Wildman–Crippen LogP) is 3.01. The molecule has 2 aromatic carbocycles. The highest BCUT2D eigenvalue weighted by Gasteiger charge is 2.45. The topological polar surface area (TPSA) is 102 Å². The Bertz CT molecular complexity index is 1250. The Hall–Kier alpha value is -2.67. The number of hydrogen-bond donors (Lipinski definition) is 0. The van der Waals surface area contributed by atoms with Gasteiger partial charge in [-0.3, -0.25) is 9.59 Å². The number of benzene rings is 2. The van der Waals surface area contributed by atoms with Gasteiger partial charge in [-0.25, -0.2) is 8.42 Å². The summed E-state index contributed by atoms with van der Waals surface area (Å²) in [5.74, 6) is -0.555. The first-order valence-electron chi connectivity index (χ1n) is 11.4. The summed E-state index contributed by atoms with van der Waals surface area (Å²) in [5, 5.41) is 11.4. The van der Waals surface area contributed by atoms with Gasteiger partial charge in [-0.2, -0.15) is 9.57 Å². The van der Waals surface area contributed by atoms with E-state index in [0.717, 1.165) is 29.0 Å². The molecule has 4 rings (SSSR count). The monoisotopic (exact) mass is 502 g/mol. The first-order valence-corrected chi connectivity index (χ1v) is 13.2. The number of halogens is 1. The van der Waals surface area contributed by atoms with Crippen LogP contribution in [0.2, 0.25) is 5.02 Å². The van der Waals surface area contributed by atoms with Crippen molar-refractivity contribution >= 4 is 44.2 Å². The average Bonchev–Trinajstić information content (AvgIpc) is 3.22. The van der Waals surface area contributed by atoms with E-state index in [2.05, 4.69) is 0 Å². The van der Waals surface area contributed by atoms with Crippen LogP contribution in [0.1, 0.15) is 32.6 Å². The molecule has 0 bridgehead atoms. The molecule has 0 radical (unpaired) electrons. The Labute approximate surface area is 204 Å². The van der Waals surface area contributed by atoms with Crippen molar-refractivity contribution in [2.24, 2.45) is 0 Å². The molecule has 180 valence electrons. The van der Waals surface area contributed by atoms with Crippen molar-refractivity contribution in [1.82, 2.24) is 14.1 Å². The first kappa shape index (κ1) is 24.5. The van der Waals surface area contributed by atoms with Gasteiger partial charge < -0.3 is 9.80 Å². The van der Waals surface area contributed by atoms with Crippen LogP contribution in [0.3, 0.4) is 0 Å². The van der Waals surface area contributed by atoms with E-state index in [9.17, 15) is 23.3 Å². The number of sulfonamides is 1. The van der Waals surface area contributed by atoms with Crippen molar-refractivity contribution in [2.45, 2.75) is 49.6 Å². The number of nitrogens with zero attached hydrogens (tertiary/aromatic N) is 4. The maximum atomic E-state index is 13.5. The Morgan fingerprint density at radius 2 is 1.82 bits per heavy atom. The number of hydrogen-bond acceptors (Lipinski definition) is 5. The summed E-state index contributed by atoms with van der Waals surface area (Å²) in [4.78, 5) is 29.5. The molecule has 0 aliphatic carbocycles. The normalized spacial score (nSPS) is 20.1. The number of likely N-dealkylation sites (tertiary alicyclic amines) is 2. The zero-order valence-electron chi connectivity index (χ0n) is 19.0. The van der Waals surface area contributed by atoms with Gasteiger partial charge in [0.25, 0.3) is 0 Å². The highest BCUT2D eigenvalue weighted by Crippen LogP contribution is 2.29. The number of carbonyl (C=O) groups excluding carboxylic acids is 2. The van der Waals surface area contributed by atoms with Crippen molar-refractivity contribution < 1.29 is 18.0 Å². The SMILES string of the molecule is C[C@@H](C(=O)N1CCCCC1)N1CCC(N(CC#N)S(=O)(=O)c2ccc3cc(Cl)ccc3c2)C1=O. The van der Waals surface area contributed by atoms with Crippen LogP contribution in [-0.4, -0.2) is 72.6 Å². The molecule has 2 aliphatic heterocycles. The molecule has 2 atom stereocenters. The highest BCUT2D eigenvalue weighted by molar-refractivity contribution is 7.89. The maximum absolute atomic E-state index is 13.5. The second-order valence-electron chi connectivity index (χ2n) is 8.76. The summed E-state index contributed by atoms with van der Waals surface area (Å²) in [5.41, 5.74) is 0. The first-order chi connectivity index (χ1) is 16.2. The van der Waals surface area contributed by atoms with E-state index in [1.807, 2.05) is 6.07 Å². The molecule has 2 saturated heterocycles. The fourth-order valence-corrected chi connectivity index (χ4v) is 6.50. The van der Waals surface area contributed by atoms with Gasteiger partial charge in [0.15, 0.2) is 0 Å². The molecule has 2 aromatic rings. The Balaban J connectivity index is 1.58. The van der Waals surface area contributed by atoms with Gasteiger partial charge in [-0.05, 0) is 67.6 Å². The van der Waals surface area contributed by atoms with Gasteiger partial charge >= 0.3 is 0 Å². The van der Waals surface area contributed by atoms with Crippen molar-refractivity contribution in [3.63, 3.8) is 0 Å². The predicted molar refractivity (Wildman–Crippen MR) is 128 cm³/mol. The lowest BCUT2D eigenvalue weighted by atomic mass is 10.1. The molecule has 0 saturated carbocycles. The molecule has 2 heterocycles. The number of fused-ring (bicyclic) bond motifs is 1. The van der Waals surface area contributed by atoms with Crippen LogP contribution in [0.4, 0.5) is 0 Å². The molecule has 2 aliphatic rings. The van der Waals surface area contributed by atoms with Gasteiger partial charge in [0.05, 0.1) is 11.0 Å². The van der Waals surface area contributed by atoms with E-state index in [1.165, 1.54) is 17.0 Å². The van der Waals surface area contributed by atoms with E-state index >= 15 is 0 Å². The summed E-state index contributed by atoms with van der Waals surface area (Å²) in [6, 6.07) is 9.95. The minimum absolute atomic E-state index is 0.00117. The molecule has 2 fully saturated rings. The smallest absolute Gasteiger partial charge is 0.245 e.